The van der Waals surface area contributed by atoms with Gasteiger partial charge in [0.05, 0.1) is 17.4 Å². The van der Waals surface area contributed by atoms with Gasteiger partial charge in [0, 0.05) is 25.1 Å². The van der Waals surface area contributed by atoms with Gasteiger partial charge in [0.25, 0.3) is 5.91 Å². The molecule has 0 saturated carbocycles. The molecule has 0 radical (unpaired) electrons. The first-order valence-corrected chi connectivity index (χ1v) is 9.12. The quantitative estimate of drug-likeness (QED) is 0.536. The van der Waals surface area contributed by atoms with Gasteiger partial charge >= 0.3 is 12.3 Å². The molecule has 12 heteroatoms. The first-order chi connectivity index (χ1) is 14.2. The molecular formula is C18H16ClF4N5O2. The Bertz CT molecular complexity index is 1060. The average Bonchev–Trinajstić information content (AvgIpc) is 3.09. The van der Waals surface area contributed by atoms with Crippen molar-refractivity contribution in [2.45, 2.75) is 25.8 Å². The van der Waals surface area contributed by atoms with E-state index in [-0.39, 0.29) is 29.0 Å². The average molecular weight is 446 g/mol. The number of carbonyl (C=O) groups excluding carboxylic acids is 1. The number of rotatable bonds is 8. The molecule has 0 aliphatic heterocycles. The topological polar surface area (TPSA) is 81.9 Å². The van der Waals surface area contributed by atoms with Crippen LogP contribution in [0.4, 0.5) is 17.6 Å². The third-order valence-electron chi connectivity index (χ3n) is 3.96. The standard InChI is InChI=1S/C18H16ClF4N5O2/c1-2-24-15(29)14-11-8-28(27-13(11)3-4-25-14)7-10-5-12(19)16(26-6-10)30-9-18(22,23)17(20)21/h3-6,8,17H,2,7,9H2,1H3,(H,24,29). The van der Waals surface area contributed by atoms with E-state index in [1.54, 1.807) is 19.2 Å². The van der Waals surface area contributed by atoms with E-state index in [0.717, 1.165) is 0 Å². The number of aromatic nitrogens is 4. The van der Waals surface area contributed by atoms with Crippen LogP contribution in [0.15, 0.2) is 30.7 Å². The molecule has 0 aromatic carbocycles. The molecule has 0 bridgehead atoms. The summed E-state index contributed by atoms with van der Waals surface area (Å²) in [5, 5.41) is 7.48. The number of carbonyl (C=O) groups is 1. The highest BCUT2D eigenvalue weighted by Gasteiger charge is 2.42. The van der Waals surface area contributed by atoms with Crippen molar-refractivity contribution in [2.24, 2.45) is 0 Å². The highest BCUT2D eigenvalue weighted by atomic mass is 35.5. The Kier molecular flexibility index (Phi) is 6.40. The van der Waals surface area contributed by atoms with Crippen LogP contribution < -0.4 is 10.1 Å². The molecule has 1 amide bonds. The van der Waals surface area contributed by atoms with Gasteiger partial charge in [-0.15, -0.1) is 0 Å². The molecule has 0 unspecified atom stereocenters. The van der Waals surface area contributed by atoms with Gasteiger partial charge in [0.15, 0.2) is 6.61 Å². The van der Waals surface area contributed by atoms with E-state index < -0.39 is 19.0 Å². The fourth-order valence-electron chi connectivity index (χ4n) is 2.57. The first-order valence-electron chi connectivity index (χ1n) is 8.75. The van der Waals surface area contributed by atoms with Gasteiger partial charge < -0.3 is 10.1 Å². The fourth-order valence-corrected chi connectivity index (χ4v) is 2.82. The lowest BCUT2D eigenvalue weighted by atomic mass is 10.2. The van der Waals surface area contributed by atoms with Crippen molar-refractivity contribution in [1.29, 1.82) is 0 Å². The third kappa shape index (κ3) is 4.78. The second-order valence-electron chi connectivity index (χ2n) is 6.26. The van der Waals surface area contributed by atoms with E-state index in [4.69, 9.17) is 11.6 Å². The van der Waals surface area contributed by atoms with Crippen molar-refractivity contribution in [3.63, 3.8) is 0 Å². The van der Waals surface area contributed by atoms with Gasteiger partial charge in [-0.2, -0.15) is 13.9 Å². The molecule has 160 valence electrons. The molecule has 0 spiro atoms. The maximum absolute atomic E-state index is 13.0. The minimum absolute atomic E-state index is 0.112. The van der Waals surface area contributed by atoms with Gasteiger partial charge in [-0.1, -0.05) is 11.6 Å². The van der Waals surface area contributed by atoms with Gasteiger partial charge in [0.2, 0.25) is 5.88 Å². The van der Waals surface area contributed by atoms with E-state index in [0.29, 0.717) is 23.0 Å². The summed E-state index contributed by atoms with van der Waals surface area (Å²) < 4.78 is 56.5. The summed E-state index contributed by atoms with van der Waals surface area (Å²) >= 11 is 5.97. The molecule has 3 aromatic rings. The van der Waals surface area contributed by atoms with Crippen molar-refractivity contribution >= 4 is 28.4 Å². The smallest absolute Gasteiger partial charge is 0.340 e. The zero-order valence-corrected chi connectivity index (χ0v) is 16.3. The number of alkyl halides is 4. The number of amides is 1. The minimum atomic E-state index is -4.31. The molecule has 3 heterocycles. The number of hydrogen-bond donors (Lipinski definition) is 1. The first kappa shape index (κ1) is 21.8. The second kappa shape index (κ2) is 8.82. The Morgan fingerprint density at radius 3 is 2.80 bits per heavy atom. The summed E-state index contributed by atoms with van der Waals surface area (Å²) in [6.45, 7) is 0.896. The number of pyridine rings is 2. The lowest BCUT2D eigenvalue weighted by Gasteiger charge is -2.16. The normalized spacial score (nSPS) is 11.8. The number of ether oxygens (including phenoxy) is 1. The number of fused-ring (bicyclic) bond motifs is 1. The highest BCUT2D eigenvalue weighted by Crippen LogP contribution is 2.27. The number of halogens is 5. The Balaban J connectivity index is 1.77. The number of nitrogens with one attached hydrogen (secondary N) is 1. The molecule has 30 heavy (non-hydrogen) atoms. The van der Waals surface area contributed by atoms with E-state index in [2.05, 4.69) is 25.1 Å². The van der Waals surface area contributed by atoms with E-state index in [1.165, 1.54) is 23.1 Å². The largest absolute Gasteiger partial charge is 0.470 e. The summed E-state index contributed by atoms with van der Waals surface area (Å²) in [5.41, 5.74) is 1.34. The molecule has 0 aliphatic rings. The number of nitrogens with zero attached hydrogens (tertiary/aromatic N) is 4. The van der Waals surface area contributed by atoms with Crippen LogP contribution in [0, 0.1) is 0 Å². The van der Waals surface area contributed by atoms with Gasteiger partial charge in [-0.05, 0) is 24.6 Å². The van der Waals surface area contributed by atoms with Crippen LogP contribution in [0.3, 0.4) is 0 Å². The summed E-state index contributed by atoms with van der Waals surface area (Å²) in [4.78, 5) is 20.0. The van der Waals surface area contributed by atoms with Crippen molar-refractivity contribution in [2.75, 3.05) is 13.2 Å². The Morgan fingerprint density at radius 2 is 2.13 bits per heavy atom. The summed E-state index contributed by atoms with van der Waals surface area (Å²) in [6.07, 6.45) is 0.554. The van der Waals surface area contributed by atoms with Crippen LogP contribution in [-0.2, 0) is 6.54 Å². The van der Waals surface area contributed by atoms with Gasteiger partial charge in [-0.3, -0.25) is 14.5 Å². The SMILES string of the molecule is CCNC(=O)c1nccc2nn(Cc3cnc(OCC(F)(F)C(F)F)c(Cl)c3)cc12. The Labute approximate surface area is 173 Å². The predicted molar refractivity (Wildman–Crippen MR) is 100 cm³/mol. The van der Waals surface area contributed by atoms with Crippen LogP contribution >= 0.6 is 11.6 Å². The monoisotopic (exact) mass is 445 g/mol. The van der Waals surface area contributed by atoms with E-state index >= 15 is 0 Å². The van der Waals surface area contributed by atoms with Crippen LogP contribution in [0.25, 0.3) is 10.9 Å². The predicted octanol–water partition coefficient (Wildman–Crippen LogP) is 3.56. The van der Waals surface area contributed by atoms with Crippen LogP contribution in [0.2, 0.25) is 5.02 Å². The Morgan fingerprint density at radius 1 is 1.37 bits per heavy atom. The number of hydrogen-bond acceptors (Lipinski definition) is 5. The zero-order chi connectivity index (χ0) is 21.9. The fraction of sp³-hybridized carbons (Fsp3) is 0.333. The van der Waals surface area contributed by atoms with Crippen LogP contribution in [0.5, 0.6) is 5.88 Å². The van der Waals surface area contributed by atoms with Crippen LogP contribution in [0.1, 0.15) is 23.0 Å². The maximum Gasteiger partial charge on any atom is 0.340 e. The summed E-state index contributed by atoms with van der Waals surface area (Å²) in [5.74, 6) is -5.02. The van der Waals surface area contributed by atoms with Crippen molar-refractivity contribution in [3.8, 4) is 5.88 Å². The molecule has 0 fully saturated rings. The molecule has 7 nitrogen and oxygen atoms in total. The molecule has 1 N–H and O–H groups in total. The zero-order valence-electron chi connectivity index (χ0n) is 15.6. The minimum Gasteiger partial charge on any atom is -0.470 e. The summed E-state index contributed by atoms with van der Waals surface area (Å²) in [6, 6.07) is 3.06. The lowest BCUT2D eigenvalue weighted by molar-refractivity contribution is -0.148. The summed E-state index contributed by atoms with van der Waals surface area (Å²) in [7, 11) is 0. The molecule has 0 aliphatic carbocycles. The van der Waals surface area contributed by atoms with E-state index in [9.17, 15) is 22.4 Å². The van der Waals surface area contributed by atoms with Gasteiger partial charge in [0.1, 0.15) is 10.7 Å². The third-order valence-corrected chi connectivity index (χ3v) is 4.23. The molecular weight excluding hydrogens is 430 g/mol. The van der Waals surface area contributed by atoms with Crippen molar-refractivity contribution in [1.82, 2.24) is 25.1 Å². The second-order valence-corrected chi connectivity index (χ2v) is 6.67. The van der Waals surface area contributed by atoms with Crippen molar-refractivity contribution in [3.05, 3.63) is 47.0 Å². The van der Waals surface area contributed by atoms with Crippen molar-refractivity contribution < 1.29 is 27.1 Å². The maximum atomic E-state index is 13.0. The lowest BCUT2D eigenvalue weighted by Crippen LogP contribution is -2.34. The molecule has 0 atom stereocenters. The highest BCUT2D eigenvalue weighted by molar-refractivity contribution is 6.31. The Hall–Kier alpha value is -2.95. The molecule has 0 saturated heterocycles. The molecule has 3 rings (SSSR count). The van der Waals surface area contributed by atoms with E-state index in [1.807, 2.05) is 0 Å². The molecule has 3 aromatic heterocycles. The van der Waals surface area contributed by atoms with Crippen LogP contribution in [-0.4, -0.2) is 51.2 Å². The van der Waals surface area contributed by atoms with Gasteiger partial charge in [-0.25, -0.2) is 13.8 Å².